The maximum atomic E-state index is 12.6. The Kier molecular flexibility index (Phi) is 5.94. The van der Waals surface area contributed by atoms with E-state index in [0.717, 1.165) is 12.1 Å². The second-order valence-electron chi connectivity index (χ2n) is 4.95. The summed E-state index contributed by atoms with van der Waals surface area (Å²) in [6.45, 7) is 2.24. The number of carbonyl (C=O) groups excluding carboxylic acids is 1. The average Bonchev–Trinajstić information content (AvgIpc) is 2.56. The molecule has 0 bridgehead atoms. The molecule has 134 valence electrons. The fourth-order valence-electron chi connectivity index (χ4n) is 2.08. The fraction of sp³-hybridized carbons (Fsp3) is 0.235. The third-order valence-electron chi connectivity index (χ3n) is 3.25. The van der Waals surface area contributed by atoms with Gasteiger partial charge in [0.2, 0.25) is 0 Å². The zero-order chi connectivity index (χ0) is 18.6. The number of methoxy groups -OCH3 is 1. The standard InChI is InChI=1S/C17H15BrF3NO3/c1-3-25-15-13(18)8-10(9-14(15)24-2)16(23)22-12-6-4-11(5-7-12)17(19,20)21/h4-9H,3H2,1-2H3,(H,22,23). The first-order valence-corrected chi connectivity index (χ1v) is 8.04. The van der Waals surface area contributed by atoms with E-state index in [1.807, 2.05) is 6.92 Å². The second-order valence-corrected chi connectivity index (χ2v) is 5.81. The molecule has 2 aromatic rings. The molecule has 25 heavy (non-hydrogen) atoms. The number of benzene rings is 2. The fourth-order valence-corrected chi connectivity index (χ4v) is 2.64. The third kappa shape index (κ3) is 4.66. The molecule has 0 saturated carbocycles. The smallest absolute Gasteiger partial charge is 0.416 e. The van der Waals surface area contributed by atoms with E-state index in [4.69, 9.17) is 9.47 Å². The Labute approximate surface area is 151 Å². The summed E-state index contributed by atoms with van der Waals surface area (Å²) in [6.07, 6.45) is -4.42. The molecule has 0 aromatic heterocycles. The molecule has 0 aliphatic carbocycles. The Hall–Kier alpha value is -2.22. The largest absolute Gasteiger partial charge is 0.493 e. The summed E-state index contributed by atoms with van der Waals surface area (Å²) in [7, 11) is 1.45. The van der Waals surface area contributed by atoms with Gasteiger partial charge in [0.15, 0.2) is 11.5 Å². The molecule has 0 spiro atoms. The molecule has 4 nitrogen and oxygen atoms in total. The zero-order valence-electron chi connectivity index (χ0n) is 13.4. The van der Waals surface area contributed by atoms with Crippen LogP contribution in [0.25, 0.3) is 0 Å². The van der Waals surface area contributed by atoms with Crippen molar-refractivity contribution in [2.45, 2.75) is 13.1 Å². The minimum absolute atomic E-state index is 0.252. The lowest BCUT2D eigenvalue weighted by atomic mass is 10.1. The van der Waals surface area contributed by atoms with Crippen molar-refractivity contribution >= 4 is 27.5 Å². The lowest BCUT2D eigenvalue weighted by Gasteiger charge is -2.13. The van der Waals surface area contributed by atoms with Crippen molar-refractivity contribution in [3.63, 3.8) is 0 Å². The number of carbonyl (C=O) groups is 1. The van der Waals surface area contributed by atoms with Crippen molar-refractivity contribution < 1.29 is 27.4 Å². The summed E-state index contributed by atoms with van der Waals surface area (Å²) in [6, 6.07) is 7.25. The minimum atomic E-state index is -4.42. The number of rotatable bonds is 5. The number of hydrogen-bond acceptors (Lipinski definition) is 3. The predicted octanol–water partition coefficient (Wildman–Crippen LogP) is 5.13. The van der Waals surface area contributed by atoms with Crippen molar-refractivity contribution in [1.82, 2.24) is 0 Å². The van der Waals surface area contributed by atoms with Gasteiger partial charge in [-0.25, -0.2) is 0 Å². The maximum Gasteiger partial charge on any atom is 0.416 e. The third-order valence-corrected chi connectivity index (χ3v) is 3.84. The molecule has 0 saturated heterocycles. The SMILES string of the molecule is CCOc1c(Br)cc(C(=O)Nc2ccc(C(F)(F)F)cc2)cc1OC. The quantitative estimate of drug-likeness (QED) is 0.733. The van der Waals surface area contributed by atoms with E-state index >= 15 is 0 Å². The van der Waals surface area contributed by atoms with Crippen LogP contribution in [0.4, 0.5) is 18.9 Å². The monoisotopic (exact) mass is 417 g/mol. The van der Waals surface area contributed by atoms with E-state index in [2.05, 4.69) is 21.2 Å². The van der Waals surface area contributed by atoms with Crippen LogP contribution in [0.5, 0.6) is 11.5 Å². The van der Waals surface area contributed by atoms with Crippen LogP contribution in [0.2, 0.25) is 0 Å². The van der Waals surface area contributed by atoms with Gasteiger partial charge in [0.05, 0.1) is 23.8 Å². The van der Waals surface area contributed by atoms with E-state index in [1.165, 1.54) is 25.3 Å². The molecule has 0 fully saturated rings. The van der Waals surface area contributed by atoms with Gasteiger partial charge in [-0.2, -0.15) is 13.2 Å². The highest BCUT2D eigenvalue weighted by atomic mass is 79.9. The highest BCUT2D eigenvalue weighted by molar-refractivity contribution is 9.10. The van der Waals surface area contributed by atoms with Crippen molar-refractivity contribution in [2.24, 2.45) is 0 Å². The lowest BCUT2D eigenvalue weighted by Crippen LogP contribution is -2.13. The Balaban J connectivity index is 2.22. The summed E-state index contributed by atoms with van der Waals surface area (Å²) >= 11 is 3.31. The van der Waals surface area contributed by atoms with Crippen LogP contribution in [-0.2, 0) is 6.18 Å². The summed E-state index contributed by atoms with van der Waals surface area (Å²) in [5, 5.41) is 2.54. The van der Waals surface area contributed by atoms with Crippen molar-refractivity contribution in [3.05, 3.63) is 52.0 Å². The molecule has 0 heterocycles. The Morgan fingerprint density at radius 1 is 1.20 bits per heavy atom. The van der Waals surface area contributed by atoms with E-state index in [9.17, 15) is 18.0 Å². The molecule has 0 aliphatic heterocycles. The number of ether oxygens (including phenoxy) is 2. The van der Waals surface area contributed by atoms with Crippen molar-refractivity contribution in [1.29, 1.82) is 0 Å². The summed E-state index contributed by atoms with van der Waals surface area (Å²) < 4.78 is 48.9. The first kappa shape index (κ1) is 19.1. The average molecular weight is 418 g/mol. The van der Waals surface area contributed by atoms with Gasteiger partial charge in [-0.15, -0.1) is 0 Å². The van der Waals surface area contributed by atoms with Crippen LogP contribution in [0.3, 0.4) is 0 Å². The molecule has 8 heteroatoms. The highest BCUT2D eigenvalue weighted by Gasteiger charge is 2.30. The maximum absolute atomic E-state index is 12.6. The molecule has 0 radical (unpaired) electrons. The number of anilines is 1. The van der Waals surface area contributed by atoms with E-state index in [-0.39, 0.29) is 11.3 Å². The number of amides is 1. The zero-order valence-corrected chi connectivity index (χ0v) is 15.0. The highest BCUT2D eigenvalue weighted by Crippen LogP contribution is 2.37. The van der Waals surface area contributed by atoms with Gasteiger partial charge in [-0.3, -0.25) is 4.79 Å². The molecular formula is C17H15BrF3NO3. The lowest BCUT2D eigenvalue weighted by molar-refractivity contribution is -0.137. The summed E-state index contributed by atoms with van der Waals surface area (Å²) in [4.78, 5) is 12.3. The number of nitrogens with one attached hydrogen (secondary N) is 1. The molecule has 2 aromatic carbocycles. The molecule has 0 aliphatic rings. The number of alkyl halides is 3. The topological polar surface area (TPSA) is 47.6 Å². The predicted molar refractivity (Wildman–Crippen MR) is 91.3 cm³/mol. The van der Waals surface area contributed by atoms with Crippen LogP contribution >= 0.6 is 15.9 Å². The molecule has 1 amide bonds. The molecule has 0 unspecified atom stereocenters. The van der Waals surface area contributed by atoms with E-state index < -0.39 is 17.6 Å². The number of halogens is 4. The normalized spacial score (nSPS) is 11.1. The van der Waals surface area contributed by atoms with Crippen LogP contribution in [0.1, 0.15) is 22.8 Å². The van der Waals surface area contributed by atoms with Crippen LogP contribution in [0.15, 0.2) is 40.9 Å². The van der Waals surface area contributed by atoms with Gasteiger partial charge in [-0.1, -0.05) is 0 Å². The van der Waals surface area contributed by atoms with Crippen LogP contribution in [0, 0.1) is 0 Å². The van der Waals surface area contributed by atoms with Gasteiger partial charge < -0.3 is 14.8 Å². The van der Waals surface area contributed by atoms with Gasteiger partial charge >= 0.3 is 6.18 Å². The van der Waals surface area contributed by atoms with Crippen LogP contribution < -0.4 is 14.8 Å². The molecule has 2 rings (SSSR count). The molecule has 0 atom stereocenters. The van der Waals surface area contributed by atoms with E-state index in [1.54, 1.807) is 6.07 Å². The Morgan fingerprint density at radius 3 is 2.36 bits per heavy atom. The van der Waals surface area contributed by atoms with Crippen LogP contribution in [-0.4, -0.2) is 19.6 Å². The van der Waals surface area contributed by atoms with E-state index in [0.29, 0.717) is 22.6 Å². The number of hydrogen-bond donors (Lipinski definition) is 1. The first-order valence-electron chi connectivity index (χ1n) is 7.25. The first-order chi connectivity index (χ1) is 11.8. The second kappa shape index (κ2) is 7.77. The van der Waals surface area contributed by atoms with Gasteiger partial charge in [0.1, 0.15) is 0 Å². The van der Waals surface area contributed by atoms with Gasteiger partial charge in [-0.05, 0) is 59.3 Å². The summed E-state index contributed by atoms with van der Waals surface area (Å²) in [5.74, 6) is 0.353. The molecule has 1 N–H and O–H groups in total. The Morgan fingerprint density at radius 2 is 1.84 bits per heavy atom. The Bertz CT molecular complexity index is 761. The van der Waals surface area contributed by atoms with Gasteiger partial charge in [0.25, 0.3) is 5.91 Å². The molecular weight excluding hydrogens is 403 g/mol. The minimum Gasteiger partial charge on any atom is -0.493 e. The van der Waals surface area contributed by atoms with Crippen molar-refractivity contribution in [2.75, 3.05) is 19.0 Å². The van der Waals surface area contributed by atoms with Crippen molar-refractivity contribution in [3.8, 4) is 11.5 Å². The van der Waals surface area contributed by atoms with Gasteiger partial charge in [0, 0.05) is 11.3 Å². The summed E-state index contributed by atoms with van der Waals surface area (Å²) in [5.41, 5.74) is -0.259.